The summed E-state index contributed by atoms with van der Waals surface area (Å²) < 4.78 is 42.7. The van der Waals surface area contributed by atoms with Gasteiger partial charge >= 0.3 is 0 Å². The highest BCUT2D eigenvalue weighted by Gasteiger charge is 2.11. The summed E-state index contributed by atoms with van der Waals surface area (Å²) in [7, 11) is -3.23. The van der Waals surface area contributed by atoms with Crippen LogP contribution in [0.1, 0.15) is 37.0 Å². The molecule has 2 N–H and O–H groups in total. The lowest BCUT2D eigenvalue weighted by Gasteiger charge is -2.13. The summed E-state index contributed by atoms with van der Waals surface area (Å²) in [6.45, 7) is 6.24. The molecule has 0 spiro atoms. The highest BCUT2D eigenvalue weighted by molar-refractivity contribution is 7.89. The molecule has 0 aliphatic heterocycles. The molecule has 31 heavy (non-hydrogen) atoms. The lowest BCUT2D eigenvalue weighted by Crippen LogP contribution is -2.38. The highest BCUT2D eigenvalue weighted by atomic mass is 32.2. The zero-order valence-corrected chi connectivity index (χ0v) is 19.3. The fourth-order valence-corrected chi connectivity index (χ4v) is 3.85. The Balaban J connectivity index is 2.02. The predicted molar refractivity (Wildman–Crippen MR) is 124 cm³/mol. The van der Waals surface area contributed by atoms with Crippen molar-refractivity contribution in [3.05, 3.63) is 65.0 Å². The minimum Gasteiger partial charge on any atom is -0.494 e. The van der Waals surface area contributed by atoms with E-state index in [1.807, 2.05) is 25.1 Å². The van der Waals surface area contributed by atoms with E-state index in [-0.39, 0.29) is 12.3 Å². The Morgan fingerprint density at radius 2 is 1.90 bits per heavy atom. The highest BCUT2D eigenvalue weighted by Crippen LogP contribution is 2.16. The molecular formula is C23H32FN3O3S. The fraction of sp³-hybridized carbons (Fsp3) is 0.435. The van der Waals surface area contributed by atoms with E-state index in [0.717, 1.165) is 30.4 Å². The van der Waals surface area contributed by atoms with Crippen molar-refractivity contribution in [1.29, 1.82) is 0 Å². The Kier molecular flexibility index (Phi) is 9.78. The van der Waals surface area contributed by atoms with Crippen LogP contribution in [0, 0.1) is 5.82 Å². The van der Waals surface area contributed by atoms with E-state index in [1.165, 1.54) is 18.2 Å². The maximum Gasteiger partial charge on any atom is 0.191 e. The first-order valence-electron chi connectivity index (χ1n) is 10.5. The van der Waals surface area contributed by atoms with Crippen molar-refractivity contribution in [2.45, 2.75) is 39.0 Å². The van der Waals surface area contributed by atoms with Crippen LogP contribution in [0.5, 0.6) is 5.75 Å². The summed E-state index contributed by atoms with van der Waals surface area (Å²) in [6.07, 6.45) is 2.91. The van der Waals surface area contributed by atoms with Crippen LogP contribution < -0.4 is 15.4 Å². The van der Waals surface area contributed by atoms with Gasteiger partial charge in [-0.2, -0.15) is 0 Å². The van der Waals surface area contributed by atoms with E-state index in [1.54, 1.807) is 0 Å². The summed E-state index contributed by atoms with van der Waals surface area (Å²) >= 11 is 0. The minimum absolute atomic E-state index is 0.140. The quantitative estimate of drug-likeness (QED) is 0.406. The third-order valence-corrected chi connectivity index (χ3v) is 5.25. The van der Waals surface area contributed by atoms with Crippen molar-refractivity contribution in [1.82, 2.24) is 10.6 Å². The molecule has 6 nitrogen and oxygen atoms in total. The molecule has 0 bridgehead atoms. The average Bonchev–Trinajstić information content (AvgIpc) is 2.71. The molecule has 0 heterocycles. The number of hydrogen-bond acceptors (Lipinski definition) is 4. The van der Waals surface area contributed by atoms with Crippen LogP contribution in [-0.4, -0.2) is 40.3 Å². The number of nitrogens with one attached hydrogen (secondary N) is 2. The van der Waals surface area contributed by atoms with E-state index in [0.29, 0.717) is 36.8 Å². The van der Waals surface area contributed by atoms with Gasteiger partial charge in [0.2, 0.25) is 0 Å². The second kappa shape index (κ2) is 12.3. The van der Waals surface area contributed by atoms with Crippen molar-refractivity contribution in [3.63, 3.8) is 0 Å². The van der Waals surface area contributed by atoms with Gasteiger partial charge in [-0.05, 0) is 60.7 Å². The molecule has 0 saturated heterocycles. The lowest BCUT2D eigenvalue weighted by molar-refractivity contribution is 0.317. The maximum atomic E-state index is 13.7. The van der Waals surface area contributed by atoms with Crippen LogP contribution in [0.3, 0.4) is 0 Å². The van der Waals surface area contributed by atoms with Gasteiger partial charge in [0.05, 0.1) is 18.9 Å². The molecule has 0 amide bonds. The van der Waals surface area contributed by atoms with Crippen LogP contribution >= 0.6 is 0 Å². The number of aliphatic imine (C=N–C) groups is 1. The van der Waals surface area contributed by atoms with E-state index >= 15 is 0 Å². The summed E-state index contributed by atoms with van der Waals surface area (Å²) in [5.74, 6) is 0.906. The maximum absolute atomic E-state index is 13.7. The number of halogens is 1. The van der Waals surface area contributed by atoms with Crippen molar-refractivity contribution in [3.8, 4) is 5.75 Å². The van der Waals surface area contributed by atoms with Crippen LogP contribution in [-0.2, 0) is 28.6 Å². The second-order valence-corrected chi connectivity index (χ2v) is 9.49. The molecular weight excluding hydrogens is 417 g/mol. The average molecular weight is 450 g/mol. The summed E-state index contributed by atoms with van der Waals surface area (Å²) in [4.78, 5) is 4.51. The van der Waals surface area contributed by atoms with Gasteiger partial charge in [-0.25, -0.2) is 17.8 Å². The number of hydrogen-bond donors (Lipinski definition) is 2. The first kappa shape index (κ1) is 24.7. The number of nitrogens with zero attached hydrogens (tertiary/aromatic N) is 1. The molecule has 0 atom stereocenters. The third kappa shape index (κ3) is 9.38. The normalized spacial score (nSPS) is 11.9. The summed E-state index contributed by atoms with van der Waals surface area (Å²) in [5.41, 5.74) is 2.27. The second-order valence-electron chi connectivity index (χ2n) is 7.35. The molecule has 0 unspecified atom stereocenters. The number of benzene rings is 2. The van der Waals surface area contributed by atoms with Gasteiger partial charge in [0.1, 0.15) is 11.6 Å². The zero-order valence-electron chi connectivity index (χ0n) is 18.4. The van der Waals surface area contributed by atoms with E-state index in [4.69, 9.17) is 4.74 Å². The first-order valence-corrected chi connectivity index (χ1v) is 12.6. The van der Waals surface area contributed by atoms with Gasteiger partial charge in [0, 0.05) is 19.3 Å². The molecule has 0 aliphatic rings. The molecule has 0 radical (unpaired) electrons. The topological polar surface area (TPSA) is 79.8 Å². The van der Waals surface area contributed by atoms with Gasteiger partial charge in [-0.3, -0.25) is 0 Å². The fourth-order valence-electron chi connectivity index (χ4n) is 3.01. The molecule has 0 aliphatic carbocycles. The minimum atomic E-state index is -3.23. The number of sulfone groups is 1. The molecule has 170 valence electrons. The third-order valence-electron chi connectivity index (χ3n) is 4.42. The van der Waals surface area contributed by atoms with Gasteiger partial charge in [-0.15, -0.1) is 0 Å². The number of guanidine groups is 1. The SMILES string of the molecule is CCCOc1cccc(CCNC(=NCc2cc(F)ccc2CS(C)(=O)=O)NCC)c1. The Morgan fingerprint density at radius 3 is 2.61 bits per heavy atom. The van der Waals surface area contributed by atoms with Crippen molar-refractivity contribution < 1.29 is 17.5 Å². The monoisotopic (exact) mass is 449 g/mol. The smallest absolute Gasteiger partial charge is 0.191 e. The molecule has 0 aromatic heterocycles. The number of ether oxygens (including phenoxy) is 1. The van der Waals surface area contributed by atoms with Crippen LogP contribution in [0.25, 0.3) is 0 Å². The van der Waals surface area contributed by atoms with Gasteiger partial charge in [0.15, 0.2) is 15.8 Å². The molecule has 8 heteroatoms. The van der Waals surface area contributed by atoms with Crippen molar-refractivity contribution in [2.75, 3.05) is 26.0 Å². The van der Waals surface area contributed by atoms with Crippen LogP contribution in [0.15, 0.2) is 47.5 Å². The largest absolute Gasteiger partial charge is 0.494 e. The van der Waals surface area contributed by atoms with Crippen molar-refractivity contribution in [2.24, 2.45) is 4.99 Å². The lowest BCUT2D eigenvalue weighted by atomic mass is 10.1. The number of rotatable bonds is 11. The predicted octanol–water partition coefficient (Wildman–Crippen LogP) is 3.46. The Labute approximate surface area is 184 Å². The first-order chi connectivity index (χ1) is 14.8. The summed E-state index contributed by atoms with van der Waals surface area (Å²) in [5, 5.41) is 6.43. The van der Waals surface area contributed by atoms with Gasteiger partial charge < -0.3 is 15.4 Å². The van der Waals surface area contributed by atoms with E-state index in [9.17, 15) is 12.8 Å². The van der Waals surface area contributed by atoms with Crippen LogP contribution in [0.2, 0.25) is 0 Å². The zero-order chi connectivity index (χ0) is 22.7. The molecule has 0 saturated carbocycles. The van der Waals surface area contributed by atoms with Gasteiger partial charge in [0.25, 0.3) is 0 Å². The Morgan fingerprint density at radius 1 is 1.10 bits per heavy atom. The molecule has 0 fully saturated rings. The van der Waals surface area contributed by atoms with E-state index < -0.39 is 15.7 Å². The Hall–Kier alpha value is -2.61. The van der Waals surface area contributed by atoms with Crippen LogP contribution in [0.4, 0.5) is 4.39 Å². The summed E-state index contributed by atoms with van der Waals surface area (Å²) in [6, 6.07) is 12.1. The molecule has 2 aromatic rings. The van der Waals surface area contributed by atoms with E-state index in [2.05, 4.69) is 28.6 Å². The Bertz CT molecular complexity index is 978. The van der Waals surface area contributed by atoms with Crippen molar-refractivity contribution >= 4 is 15.8 Å². The van der Waals surface area contributed by atoms with Gasteiger partial charge in [-0.1, -0.05) is 25.1 Å². The molecule has 2 aromatic carbocycles. The standard InChI is InChI=1S/C23H32FN3O3S/c1-4-13-30-22-8-6-7-18(14-22)11-12-26-23(25-5-2)27-16-20-15-21(24)10-9-19(20)17-31(3,28)29/h6-10,14-15H,4-5,11-13,16-17H2,1-3H3,(H2,25,26,27). The molecule has 2 rings (SSSR count).